The summed E-state index contributed by atoms with van der Waals surface area (Å²) >= 11 is 0. The maximum atomic E-state index is 11.9. The molecular weight excluding hydrogens is 282 g/mol. The summed E-state index contributed by atoms with van der Waals surface area (Å²) in [5.74, 6) is -1.46. The Bertz CT molecular complexity index is 473. The van der Waals surface area contributed by atoms with Crippen molar-refractivity contribution in [3.63, 3.8) is 0 Å². The molecule has 0 radical (unpaired) electrons. The summed E-state index contributed by atoms with van der Waals surface area (Å²) in [5, 5.41) is 11.8. The fourth-order valence-corrected chi connectivity index (χ4v) is 2.08. The van der Waals surface area contributed by atoms with Gasteiger partial charge in [0, 0.05) is 6.54 Å². The Labute approximate surface area is 131 Å². The summed E-state index contributed by atoms with van der Waals surface area (Å²) in [6.45, 7) is 6.07. The van der Waals surface area contributed by atoms with Crippen molar-refractivity contribution in [2.24, 2.45) is 11.8 Å². The standard InChI is InChI=1S/C17H25NO4/c1-12(2)9-15(17(20)21)10-18-16(19)13(3)22-11-14-7-5-4-6-8-14/h4-8,12-13,15H,9-11H2,1-3H3,(H,18,19)(H,20,21). The van der Waals surface area contributed by atoms with Crippen molar-refractivity contribution in [2.45, 2.75) is 39.9 Å². The van der Waals surface area contributed by atoms with Crippen molar-refractivity contribution in [3.05, 3.63) is 35.9 Å². The topological polar surface area (TPSA) is 75.6 Å². The van der Waals surface area contributed by atoms with Crippen LogP contribution in [0.4, 0.5) is 0 Å². The number of carbonyl (C=O) groups excluding carboxylic acids is 1. The molecule has 122 valence electrons. The van der Waals surface area contributed by atoms with Gasteiger partial charge in [-0.3, -0.25) is 9.59 Å². The number of ether oxygens (including phenoxy) is 1. The molecule has 22 heavy (non-hydrogen) atoms. The summed E-state index contributed by atoms with van der Waals surface area (Å²) in [4.78, 5) is 23.1. The van der Waals surface area contributed by atoms with Gasteiger partial charge >= 0.3 is 5.97 Å². The lowest BCUT2D eigenvalue weighted by Crippen LogP contribution is -2.39. The lowest BCUT2D eigenvalue weighted by molar-refractivity contribution is -0.142. The molecule has 0 heterocycles. The van der Waals surface area contributed by atoms with Crippen LogP contribution in [-0.2, 0) is 20.9 Å². The Morgan fingerprint density at radius 1 is 1.18 bits per heavy atom. The largest absolute Gasteiger partial charge is 0.481 e. The molecule has 2 atom stereocenters. The van der Waals surface area contributed by atoms with Gasteiger partial charge in [0.05, 0.1) is 12.5 Å². The van der Waals surface area contributed by atoms with Gasteiger partial charge in [-0.15, -0.1) is 0 Å². The van der Waals surface area contributed by atoms with Crippen LogP contribution in [0, 0.1) is 11.8 Å². The highest BCUT2D eigenvalue weighted by molar-refractivity contribution is 5.81. The zero-order chi connectivity index (χ0) is 16.5. The molecule has 0 aliphatic rings. The van der Waals surface area contributed by atoms with Gasteiger partial charge in [-0.2, -0.15) is 0 Å². The number of rotatable bonds is 9. The van der Waals surface area contributed by atoms with E-state index in [1.807, 2.05) is 44.2 Å². The summed E-state index contributed by atoms with van der Waals surface area (Å²) in [5.41, 5.74) is 0.991. The average Bonchev–Trinajstić information content (AvgIpc) is 2.49. The molecule has 0 aromatic heterocycles. The maximum absolute atomic E-state index is 11.9. The first-order chi connectivity index (χ1) is 10.4. The zero-order valence-corrected chi connectivity index (χ0v) is 13.4. The minimum atomic E-state index is -0.883. The van der Waals surface area contributed by atoms with E-state index in [1.54, 1.807) is 6.92 Å². The number of aliphatic carboxylic acids is 1. The number of carboxylic acids is 1. The van der Waals surface area contributed by atoms with E-state index in [0.717, 1.165) is 5.56 Å². The van der Waals surface area contributed by atoms with Crippen molar-refractivity contribution < 1.29 is 19.4 Å². The van der Waals surface area contributed by atoms with Gasteiger partial charge in [0.15, 0.2) is 0 Å². The van der Waals surface area contributed by atoms with Crippen LogP contribution in [-0.4, -0.2) is 29.6 Å². The zero-order valence-electron chi connectivity index (χ0n) is 13.4. The van der Waals surface area contributed by atoms with Crippen molar-refractivity contribution in [2.75, 3.05) is 6.54 Å². The Hall–Kier alpha value is -1.88. The molecule has 0 spiro atoms. The van der Waals surface area contributed by atoms with Gasteiger partial charge in [-0.05, 0) is 24.8 Å². The third-order valence-corrected chi connectivity index (χ3v) is 3.34. The van der Waals surface area contributed by atoms with Crippen LogP contribution in [0.3, 0.4) is 0 Å². The van der Waals surface area contributed by atoms with Crippen molar-refractivity contribution in [1.29, 1.82) is 0 Å². The van der Waals surface area contributed by atoms with E-state index in [0.29, 0.717) is 13.0 Å². The number of nitrogens with one attached hydrogen (secondary N) is 1. The normalized spacial score (nSPS) is 13.6. The van der Waals surface area contributed by atoms with Crippen LogP contribution in [0.15, 0.2) is 30.3 Å². The van der Waals surface area contributed by atoms with E-state index < -0.39 is 18.0 Å². The van der Waals surface area contributed by atoms with Crippen molar-refractivity contribution in [1.82, 2.24) is 5.32 Å². The highest BCUT2D eigenvalue weighted by atomic mass is 16.5. The van der Waals surface area contributed by atoms with Crippen LogP contribution >= 0.6 is 0 Å². The molecular formula is C17H25NO4. The van der Waals surface area contributed by atoms with E-state index in [4.69, 9.17) is 9.84 Å². The van der Waals surface area contributed by atoms with E-state index in [-0.39, 0.29) is 18.4 Å². The first kappa shape index (κ1) is 18.2. The number of carbonyl (C=O) groups is 2. The molecule has 1 aromatic rings. The van der Waals surface area contributed by atoms with E-state index >= 15 is 0 Å². The number of benzene rings is 1. The SMILES string of the molecule is CC(C)CC(CNC(=O)C(C)OCc1ccccc1)C(=O)O. The highest BCUT2D eigenvalue weighted by Crippen LogP contribution is 2.11. The van der Waals surface area contributed by atoms with Crippen molar-refractivity contribution >= 4 is 11.9 Å². The molecule has 1 amide bonds. The molecule has 5 heteroatoms. The predicted molar refractivity (Wildman–Crippen MR) is 84.3 cm³/mol. The Morgan fingerprint density at radius 3 is 2.36 bits per heavy atom. The average molecular weight is 307 g/mol. The summed E-state index contributed by atoms with van der Waals surface area (Å²) < 4.78 is 5.50. The molecule has 0 saturated heterocycles. The monoisotopic (exact) mass is 307 g/mol. The van der Waals surface area contributed by atoms with Crippen LogP contribution < -0.4 is 5.32 Å². The van der Waals surface area contributed by atoms with Crippen LogP contribution in [0.25, 0.3) is 0 Å². The maximum Gasteiger partial charge on any atom is 0.308 e. The molecule has 0 aliphatic carbocycles. The fourth-order valence-electron chi connectivity index (χ4n) is 2.08. The number of amides is 1. The molecule has 5 nitrogen and oxygen atoms in total. The molecule has 0 aliphatic heterocycles. The molecule has 1 aromatic carbocycles. The van der Waals surface area contributed by atoms with E-state index in [2.05, 4.69) is 5.32 Å². The minimum Gasteiger partial charge on any atom is -0.481 e. The molecule has 0 saturated carbocycles. The quantitative estimate of drug-likeness (QED) is 0.735. The second-order valence-electron chi connectivity index (χ2n) is 5.85. The minimum absolute atomic E-state index is 0.130. The van der Waals surface area contributed by atoms with E-state index in [9.17, 15) is 9.59 Å². The molecule has 1 rings (SSSR count). The molecule has 2 unspecified atom stereocenters. The summed E-state index contributed by atoms with van der Waals surface area (Å²) in [6, 6.07) is 9.58. The number of hydrogen-bond donors (Lipinski definition) is 2. The van der Waals surface area contributed by atoms with Gasteiger partial charge in [-0.25, -0.2) is 0 Å². The van der Waals surface area contributed by atoms with Gasteiger partial charge in [-0.1, -0.05) is 44.2 Å². The van der Waals surface area contributed by atoms with E-state index in [1.165, 1.54) is 0 Å². The molecule has 2 N–H and O–H groups in total. The lowest BCUT2D eigenvalue weighted by atomic mass is 9.97. The first-order valence-electron chi connectivity index (χ1n) is 7.56. The second kappa shape index (κ2) is 9.20. The number of hydrogen-bond acceptors (Lipinski definition) is 3. The lowest BCUT2D eigenvalue weighted by Gasteiger charge is -2.18. The van der Waals surface area contributed by atoms with Crippen LogP contribution in [0.5, 0.6) is 0 Å². The Balaban J connectivity index is 2.38. The smallest absolute Gasteiger partial charge is 0.308 e. The van der Waals surface area contributed by atoms with Crippen molar-refractivity contribution in [3.8, 4) is 0 Å². The third-order valence-electron chi connectivity index (χ3n) is 3.34. The third kappa shape index (κ3) is 6.72. The molecule has 0 fully saturated rings. The second-order valence-corrected chi connectivity index (χ2v) is 5.85. The highest BCUT2D eigenvalue weighted by Gasteiger charge is 2.21. The van der Waals surface area contributed by atoms with Crippen LogP contribution in [0.2, 0.25) is 0 Å². The summed E-state index contributed by atoms with van der Waals surface area (Å²) in [7, 11) is 0. The first-order valence-corrected chi connectivity index (χ1v) is 7.56. The van der Waals surface area contributed by atoms with Crippen LogP contribution in [0.1, 0.15) is 32.8 Å². The Morgan fingerprint density at radius 2 is 1.82 bits per heavy atom. The van der Waals surface area contributed by atoms with Gasteiger partial charge in [0.25, 0.3) is 0 Å². The fraction of sp³-hybridized carbons (Fsp3) is 0.529. The molecule has 0 bridgehead atoms. The van der Waals surface area contributed by atoms with Gasteiger partial charge in [0.2, 0.25) is 5.91 Å². The predicted octanol–water partition coefficient (Wildman–Crippen LogP) is 2.45. The van der Waals surface area contributed by atoms with Gasteiger partial charge < -0.3 is 15.2 Å². The Kier molecular flexibility index (Phi) is 7.60. The van der Waals surface area contributed by atoms with Gasteiger partial charge in [0.1, 0.15) is 6.10 Å². The summed E-state index contributed by atoms with van der Waals surface area (Å²) in [6.07, 6.45) is -0.0804. The number of carboxylic acid groups (broad SMARTS) is 1.